The Labute approximate surface area is 200 Å². The quantitative estimate of drug-likeness (QED) is 0.489. The molecule has 0 N–H and O–H groups in total. The molecule has 1 saturated carbocycles. The molecule has 0 bridgehead atoms. The molecule has 1 atom stereocenters. The van der Waals surface area contributed by atoms with Crippen LogP contribution in [0.4, 0.5) is 0 Å². The highest BCUT2D eigenvalue weighted by Crippen LogP contribution is 2.29. The summed E-state index contributed by atoms with van der Waals surface area (Å²) in [6.07, 6.45) is 6.30. The molecule has 34 heavy (non-hydrogen) atoms. The summed E-state index contributed by atoms with van der Waals surface area (Å²) in [5.41, 5.74) is 2.17. The highest BCUT2D eigenvalue weighted by Gasteiger charge is 2.31. The predicted octanol–water partition coefficient (Wildman–Crippen LogP) is 3.52. The van der Waals surface area contributed by atoms with Crippen molar-refractivity contribution in [2.45, 2.75) is 32.0 Å². The molecule has 7 nitrogen and oxygen atoms in total. The average molecular weight is 461 g/mol. The van der Waals surface area contributed by atoms with Crippen molar-refractivity contribution in [2.24, 2.45) is 5.92 Å². The van der Waals surface area contributed by atoms with Gasteiger partial charge in [0, 0.05) is 50.9 Å². The van der Waals surface area contributed by atoms with Crippen molar-refractivity contribution in [1.82, 2.24) is 19.4 Å². The molecule has 3 aromatic rings. The van der Waals surface area contributed by atoms with Crippen LogP contribution < -0.4 is 4.74 Å². The summed E-state index contributed by atoms with van der Waals surface area (Å²) in [4.78, 5) is 22.0. The first-order valence-electron chi connectivity index (χ1n) is 12.0. The smallest absolute Gasteiger partial charge is 0.237 e. The lowest BCUT2D eigenvalue weighted by molar-refractivity contribution is -0.132. The van der Waals surface area contributed by atoms with Gasteiger partial charge in [0.25, 0.3) is 0 Å². The van der Waals surface area contributed by atoms with E-state index in [-0.39, 0.29) is 12.0 Å². The van der Waals surface area contributed by atoms with Crippen molar-refractivity contribution in [1.29, 1.82) is 0 Å². The number of amides is 1. The van der Waals surface area contributed by atoms with Crippen molar-refractivity contribution in [3.8, 4) is 11.6 Å². The molecule has 1 aliphatic heterocycles. The molecule has 0 spiro atoms. The fourth-order valence-electron chi connectivity index (χ4n) is 4.47. The third-order valence-electron chi connectivity index (χ3n) is 6.48. The van der Waals surface area contributed by atoms with Gasteiger partial charge < -0.3 is 18.9 Å². The lowest BCUT2D eigenvalue weighted by atomic mass is 10.2. The van der Waals surface area contributed by atoms with Gasteiger partial charge in [-0.1, -0.05) is 18.2 Å². The van der Waals surface area contributed by atoms with Crippen LogP contribution in [0.15, 0.2) is 67.0 Å². The van der Waals surface area contributed by atoms with E-state index < -0.39 is 0 Å². The number of carbonyl (C=O) groups excluding carboxylic acids is 1. The molecule has 1 unspecified atom stereocenters. The van der Waals surface area contributed by atoms with Crippen LogP contribution in [-0.2, 0) is 22.6 Å². The zero-order chi connectivity index (χ0) is 23.3. The second kappa shape index (κ2) is 10.4. The lowest BCUT2D eigenvalue weighted by Gasteiger charge is -2.25. The first kappa shape index (κ1) is 22.6. The summed E-state index contributed by atoms with van der Waals surface area (Å²) in [5, 5.41) is 0. The number of pyridine rings is 1. The van der Waals surface area contributed by atoms with Gasteiger partial charge in [0.05, 0.1) is 19.8 Å². The van der Waals surface area contributed by atoms with Crippen LogP contribution in [0.3, 0.4) is 0 Å². The van der Waals surface area contributed by atoms with Crippen molar-refractivity contribution >= 4 is 5.91 Å². The van der Waals surface area contributed by atoms with Crippen LogP contribution in [0.1, 0.15) is 24.1 Å². The molecular formula is C27H32N4O3. The van der Waals surface area contributed by atoms with Gasteiger partial charge in [0.1, 0.15) is 11.6 Å². The Morgan fingerprint density at radius 1 is 1.03 bits per heavy atom. The molecule has 2 aliphatic rings. The van der Waals surface area contributed by atoms with Gasteiger partial charge in [0.15, 0.2) is 0 Å². The number of benzene rings is 1. The Morgan fingerprint density at radius 2 is 1.94 bits per heavy atom. The van der Waals surface area contributed by atoms with Crippen LogP contribution in [0.2, 0.25) is 0 Å². The van der Waals surface area contributed by atoms with E-state index in [4.69, 9.17) is 9.47 Å². The zero-order valence-corrected chi connectivity index (χ0v) is 19.7. The molecule has 2 fully saturated rings. The van der Waals surface area contributed by atoms with Crippen LogP contribution in [0.25, 0.3) is 5.82 Å². The van der Waals surface area contributed by atoms with E-state index in [0.29, 0.717) is 32.1 Å². The number of methoxy groups -OCH3 is 1. The number of hydrogen-bond acceptors (Lipinski definition) is 5. The van der Waals surface area contributed by atoms with Gasteiger partial charge in [-0.2, -0.15) is 0 Å². The molecule has 1 aliphatic carbocycles. The summed E-state index contributed by atoms with van der Waals surface area (Å²) in [6, 6.07) is 17.9. The molecule has 1 amide bonds. The van der Waals surface area contributed by atoms with E-state index in [9.17, 15) is 4.79 Å². The second-order valence-electron chi connectivity index (χ2n) is 9.25. The first-order valence-corrected chi connectivity index (χ1v) is 12.0. The summed E-state index contributed by atoms with van der Waals surface area (Å²) in [6.45, 7) is 3.68. The minimum absolute atomic E-state index is 0.0177. The molecule has 1 aromatic carbocycles. The van der Waals surface area contributed by atoms with E-state index >= 15 is 0 Å². The Balaban J connectivity index is 1.32. The Hall–Kier alpha value is -3.16. The maximum atomic E-state index is 13.3. The first-order chi connectivity index (χ1) is 16.7. The standard InChI is InChI=1S/C27H32N4O3/c1-33-24-8-4-6-22(14-24)15-30-18-25(34-20-21-10-11-21)17-29(19-27(30)32)16-23-7-5-13-31(23)26-9-2-3-12-28-26/h2-9,12-14,21,25H,10-11,15-20H2,1H3. The number of carbonyl (C=O) groups is 1. The molecule has 1 saturated heterocycles. The van der Waals surface area contributed by atoms with Crippen molar-refractivity contribution < 1.29 is 14.3 Å². The number of rotatable bonds is 9. The van der Waals surface area contributed by atoms with E-state index in [0.717, 1.165) is 36.0 Å². The SMILES string of the molecule is COc1cccc(CN2CC(OCC3CC3)CN(Cc3cccn3-c3ccccn3)CC2=O)c1. The van der Waals surface area contributed by atoms with E-state index in [1.54, 1.807) is 13.3 Å². The van der Waals surface area contributed by atoms with Gasteiger partial charge in [-0.3, -0.25) is 9.69 Å². The van der Waals surface area contributed by atoms with Crippen LogP contribution >= 0.6 is 0 Å². The predicted molar refractivity (Wildman–Crippen MR) is 130 cm³/mol. The van der Waals surface area contributed by atoms with Crippen molar-refractivity contribution in [3.63, 3.8) is 0 Å². The van der Waals surface area contributed by atoms with E-state index in [1.807, 2.05) is 59.6 Å². The van der Waals surface area contributed by atoms with Gasteiger partial charge >= 0.3 is 0 Å². The van der Waals surface area contributed by atoms with Gasteiger partial charge in [0.2, 0.25) is 5.91 Å². The monoisotopic (exact) mass is 460 g/mol. The minimum atomic E-state index is -0.0177. The minimum Gasteiger partial charge on any atom is -0.497 e. The summed E-state index contributed by atoms with van der Waals surface area (Å²) in [5.74, 6) is 2.49. The lowest BCUT2D eigenvalue weighted by Crippen LogP contribution is -2.37. The molecule has 5 rings (SSSR count). The van der Waals surface area contributed by atoms with Crippen molar-refractivity contribution in [2.75, 3.05) is 33.4 Å². The molecule has 2 aromatic heterocycles. The second-order valence-corrected chi connectivity index (χ2v) is 9.25. The van der Waals surface area contributed by atoms with Gasteiger partial charge in [-0.05, 0) is 60.7 Å². The Bertz CT molecular complexity index is 1100. The third kappa shape index (κ3) is 5.66. The normalized spacial score (nSPS) is 19.3. The van der Waals surface area contributed by atoms with Crippen LogP contribution in [0, 0.1) is 5.92 Å². The fraction of sp³-hybridized carbons (Fsp3) is 0.407. The summed E-state index contributed by atoms with van der Waals surface area (Å²) < 4.78 is 13.8. The Morgan fingerprint density at radius 3 is 2.74 bits per heavy atom. The van der Waals surface area contributed by atoms with E-state index in [2.05, 4.69) is 20.5 Å². The van der Waals surface area contributed by atoms with Crippen molar-refractivity contribution in [3.05, 3.63) is 78.2 Å². The topological polar surface area (TPSA) is 59.8 Å². The van der Waals surface area contributed by atoms with Gasteiger partial charge in [-0.25, -0.2) is 4.98 Å². The zero-order valence-electron chi connectivity index (χ0n) is 19.7. The largest absolute Gasteiger partial charge is 0.497 e. The maximum Gasteiger partial charge on any atom is 0.237 e. The maximum absolute atomic E-state index is 13.3. The number of aromatic nitrogens is 2. The molecule has 0 radical (unpaired) electrons. The third-order valence-corrected chi connectivity index (χ3v) is 6.48. The van der Waals surface area contributed by atoms with Crippen LogP contribution in [-0.4, -0.2) is 64.7 Å². The summed E-state index contributed by atoms with van der Waals surface area (Å²) in [7, 11) is 1.66. The number of ether oxygens (including phenoxy) is 2. The molecule has 3 heterocycles. The molecule has 178 valence electrons. The highest BCUT2D eigenvalue weighted by atomic mass is 16.5. The summed E-state index contributed by atoms with van der Waals surface area (Å²) >= 11 is 0. The van der Waals surface area contributed by atoms with E-state index in [1.165, 1.54) is 12.8 Å². The van der Waals surface area contributed by atoms with Crippen LogP contribution in [0.5, 0.6) is 5.75 Å². The average Bonchev–Trinajstić information content (AvgIpc) is 3.60. The molecule has 7 heteroatoms. The Kier molecular flexibility index (Phi) is 6.92. The number of nitrogens with zero attached hydrogens (tertiary/aromatic N) is 4. The highest BCUT2D eigenvalue weighted by molar-refractivity contribution is 5.78. The van der Waals surface area contributed by atoms with Gasteiger partial charge in [-0.15, -0.1) is 0 Å². The fourth-order valence-corrected chi connectivity index (χ4v) is 4.47. The number of hydrogen-bond donors (Lipinski definition) is 0. The molecular weight excluding hydrogens is 428 g/mol.